The Kier molecular flexibility index (Phi) is 4.58. The fourth-order valence-electron chi connectivity index (χ4n) is 2.57. The smallest absolute Gasteiger partial charge is 0.257 e. The van der Waals surface area contributed by atoms with Crippen LogP contribution in [0.4, 0.5) is 4.39 Å². The number of rotatable bonds is 2. The van der Waals surface area contributed by atoms with Crippen molar-refractivity contribution in [2.75, 3.05) is 6.54 Å². The summed E-state index contributed by atoms with van der Waals surface area (Å²) in [5.41, 5.74) is 6.06. The predicted octanol–water partition coefficient (Wildman–Crippen LogP) is 2.93. The standard InChI is InChI=1S/C14H18BrFN2O/c1-9(17)13-4-2-3-7-18(13)14(19)11-8-10(15)5-6-12(11)16/h5-6,8-9,13H,2-4,7,17H2,1H3. The molecular formula is C14H18BrFN2O. The van der Waals surface area contributed by atoms with E-state index < -0.39 is 5.82 Å². The maximum atomic E-state index is 13.8. The maximum Gasteiger partial charge on any atom is 0.257 e. The van der Waals surface area contributed by atoms with Crippen molar-refractivity contribution in [2.24, 2.45) is 5.73 Å². The van der Waals surface area contributed by atoms with Crippen LogP contribution in [-0.4, -0.2) is 29.4 Å². The van der Waals surface area contributed by atoms with Crippen molar-refractivity contribution in [3.8, 4) is 0 Å². The third kappa shape index (κ3) is 3.15. The lowest BCUT2D eigenvalue weighted by Crippen LogP contribution is -2.51. The summed E-state index contributed by atoms with van der Waals surface area (Å²) in [4.78, 5) is 14.2. The first-order chi connectivity index (χ1) is 9.00. The van der Waals surface area contributed by atoms with Crippen molar-refractivity contribution in [3.05, 3.63) is 34.1 Å². The predicted molar refractivity (Wildman–Crippen MR) is 76.4 cm³/mol. The van der Waals surface area contributed by atoms with Gasteiger partial charge in [0.15, 0.2) is 0 Å². The molecule has 2 rings (SSSR count). The van der Waals surface area contributed by atoms with E-state index in [4.69, 9.17) is 5.73 Å². The monoisotopic (exact) mass is 328 g/mol. The van der Waals surface area contributed by atoms with Crippen LogP contribution < -0.4 is 5.73 Å². The number of nitrogens with two attached hydrogens (primary N) is 1. The Morgan fingerprint density at radius 1 is 1.53 bits per heavy atom. The van der Waals surface area contributed by atoms with Crippen molar-refractivity contribution in [3.63, 3.8) is 0 Å². The topological polar surface area (TPSA) is 46.3 Å². The normalized spacial score (nSPS) is 21.3. The molecule has 1 aromatic rings. The van der Waals surface area contributed by atoms with Crippen molar-refractivity contribution in [2.45, 2.75) is 38.3 Å². The second-order valence-electron chi connectivity index (χ2n) is 5.04. The van der Waals surface area contributed by atoms with Gasteiger partial charge >= 0.3 is 0 Å². The average molecular weight is 329 g/mol. The van der Waals surface area contributed by atoms with E-state index in [9.17, 15) is 9.18 Å². The number of nitrogens with zero attached hydrogens (tertiary/aromatic N) is 1. The Bertz CT molecular complexity index is 479. The Morgan fingerprint density at radius 3 is 2.95 bits per heavy atom. The van der Waals surface area contributed by atoms with Crippen LogP contribution in [0.25, 0.3) is 0 Å². The van der Waals surface area contributed by atoms with E-state index in [0.717, 1.165) is 19.3 Å². The average Bonchev–Trinajstić information content (AvgIpc) is 2.40. The van der Waals surface area contributed by atoms with Gasteiger partial charge in [0, 0.05) is 23.1 Å². The van der Waals surface area contributed by atoms with Crippen molar-refractivity contribution < 1.29 is 9.18 Å². The lowest BCUT2D eigenvalue weighted by Gasteiger charge is -2.38. The van der Waals surface area contributed by atoms with Crippen LogP contribution in [0.3, 0.4) is 0 Å². The van der Waals surface area contributed by atoms with Crippen LogP contribution >= 0.6 is 15.9 Å². The molecule has 1 amide bonds. The first kappa shape index (κ1) is 14.5. The molecule has 2 N–H and O–H groups in total. The van der Waals surface area contributed by atoms with Gasteiger partial charge < -0.3 is 10.6 Å². The highest BCUT2D eigenvalue weighted by Crippen LogP contribution is 2.24. The summed E-state index contributed by atoms with van der Waals surface area (Å²) in [6.07, 6.45) is 2.90. The summed E-state index contributed by atoms with van der Waals surface area (Å²) < 4.78 is 14.5. The molecule has 2 atom stereocenters. The molecule has 2 unspecified atom stereocenters. The molecule has 104 valence electrons. The summed E-state index contributed by atoms with van der Waals surface area (Å²) in [5.74, 6) is -0.747. The summed E-state index contributed by atoms with van der Waals surface area (Å²) in [7, 11) is 0. The van der Waals surface area contributed by atoms with E-state index >= 15 is 0 Å². The zero-order chi connectivity index (χ0) is 14.0. The zero-order valence-electron chi connectivity index (χ0n) is 10.9. The fraction of sp³-hybridized carbons (Fsp3) is 0.500. The van der Waals surface area contributed by atoms with Crippen LogP contribution in [0.2, 0.25) is 0 Å². The number of halogens is 2. The summed E-state index contributed by atoms with van der Waals surface area (Å²) >= 11 is 3.27. The Balaban J connectivity index is 2.28. The van der Waals surface area contributed by atoms with Crippen LogP contribution in [0, 0.1) is 5.82 Å². The van der Waals surface area contributed by atoms with Gasteiger partial charge in [-0.3, -0.25) is 4.79 Å². The minimum Gasteiger partial charge on any atom is -0.334 e. The quantitative estimate of drug-likeness (QED) is 0.907. The molecule has 0 radical (unpaired) electrons. The lowest BCUT2D eigenvalue weighted by molar-refractivity contribution is 0.0579. The van der Waals surface area contributed by atoms with Gasteiger partial charge in [0.2, 0.25) is 0 Å². The van der Waals surface area contributed by atoms with E-state index in [0.29, 0.717) is 11.0 Å². The van der Waals surface area contributed by atoms with E-state index in [-0.39, 0.29) is 23.6 Å². The van der Waals surface area contributed by atoms with E-state index in [1.807, 2.05) is 6.92 Å². The van der Waals surface area contributed by atoms with Crippen LogP contribution in [0.15, 0.2) is 22.7 Å². The number of carbonyl (C=O) groups is 1. The highest BCUT2D eigenvalue weighted by Gasteiger charge is 2.31. The van der Waals surface area contributed by atoms with Crippen LogP contribution in [0.1, 0.15) is 36.5 Å². The molecule has 1 heterocycles. The van der Waals surface area contributed by atoms with Gasteiger partial charge in [-0.15, -0.1) is 0 Å². The molecule has 1 saturated heterocycles. The number of hydrogen-bond acceptors (Lipinski definition) is 2. The largest absolute Gasteiger partial charge is 0.334 e. The molecule has 1 fully saturated rings. The number of benzene rings is 1. The van der Waals surface area contributed by atoms with Gasteiger partial charge in [-0.2, -0.15) is 0 Å². The first-order valence-corrected chi connectivity index (χ1v) is 7.31. The Morgan fingerprint density at radius 2 is 2.26 bits per heavy atom. The van der Waals surface area contributed by atoms with E-state index in [1.165, 1.54) is 12.1 Å². The fourth-order valence-corrected chi connectivity index (χ4v) is 2.93. The molecule has 0 spiro atoms. The Hall–Kier alpha value is -0.940. The third-order valence-corrected chi connectivity index (χ3v) is 4.07. The van der Waals surface area contributed by atoms with Gasteiger partial charge in [-0.1, -0.05) is 15.9 Å². The molecule has 0 saturated carbocycles. The highest BCUT2D eigenvalue weighted by atomic mass is 79.9. The molecular weight excluding hydrogens is 311 g/mol. The van der Waals surface area contributed by atoms with Gasteiger partial charge in [-0.05, 0) is 44.4 Å². The van der Waals surface area contributed by atoms with Crippen molar-refractivity contribution in [1.29, 1.82) is 0 Å². The maximum absolute atomic E-state index is 13.8. The van der Waals surface area contributed by atoms with Crippen LogP contribution in [0.5, 0.6) is 0 Å². The second kappa shape index (κ2) is 6.01. The lowest BCUT2D eigenvalue weighted by atomic mass is 9.96. The molecule has 0 aliphatic carbocycles. The number of hydrogen-bond donors (Lipinski definition) is 1. The number of amides is 1. The number of piperidine rings is 1. The summed E-state index contributed by atoms with van der Waals surface area (Å²) in [6.45, 7) is 2.55. The molecule has 1 aromatic carbocycles. The highest BCUT2D eigenvalue weighted by molar-refractivity contribution is 9.10. The molecule has 1 aliphatic heterocycles. The number of carbonyl (C=O) groups excluding carboxylic acids is 1. The van der Waals surface area contributed by atoms with Gasteiger partial charge in [0.05, 0.1) is 5.56 Å². The molecule has 5 heteroatoms. The zero-order valence-corrected chi connectivity index (χ0v) is 12.5. The van der Waals surface area contributed by atoms with E-state index in [2.05, 4.69) is 15.9 Å². The van der Waals surface area contributed by atoms with E-state index in [1.54, 1.807) is 11.0 Å². The molecule has 1 aliphatic rings. The molecule has 3 nitrogen and oxygen atoms in total. The Labute approximate surface area is 121 Å². The van der Waals surface area contributed by atoms with Crippen molar-refractivity contribution in [1.82, 2.24) is 4.90 Å². The van der Waals surface area contributed by atoms with Gasteiger partial charge in [0.25, 0.3) is 5.91 Å². The number of likely N-dealkylation sites (tertiary alicyclic amines) is 1. The van der Waals surface area contributed by atoms with Gasteiger partial charge in [-0.25, -0.2) is 4.39 Å². The minimum atomic E-state index is -0.484. The third-order valence-electron chi connectivity index (χ3n) is 3.58. The summed E-state index contributed by atoms with van der Waals surface area (Å²) in [6, 6.07) is 4.33. The van der Waals surface area contributed by atoms with Crippen LogP contribution in [-0.2, 0) is 0 Å². The summed E-state index contributed by atoms with van der Waals surface area (Å²) in [5, 5.41) is 0. The second-order valence-corrected chi connectivity index (χ2v) is 5.96. The molecule has 0 bridgehead atoms. The molecule has 0 aromatic heterocycles. The molecule has 19 heavy (non-hydrogen) atoms. The van der Waals surface area contributed by atoms with Gasteiger partial charge in [0.1, 0.15) is 5.82 Å². The first-order valence-electron chi connectivity index (χ1n) is 6.52. The van der Waals surface area contributed by atoms with Crippen molar-refractivity contribution >= 4 is 21.8 Å². The minimum absolute atomic E-state index is 0.000341. The SMILES string of the molecule is CC(N)C1CCCCN1C(=O)c1cc(Br)ccc1F.